The van der Waals surface area contributed by atoms with Crippen LogP contribution in [0.15, 0.2) is 24.3 Å². The highest BCUT2D eigenvalue weighted by atomic mass is 35.5. The highest BCUT2D eigenvalue weighted by Gasteiger charge is 2.21. The van der Waals surface area contributed by atoms with E-state index < -0.39 is 5.60 Å². The Balaban J connectivity index is 2.74. The normalized spacial score (nSPS) is 13.9. The zero-order chi connectivity index (χ0) is 11.3. The summed E-state index contributed by atoms with van der Waals surface area (Å²) in [6, 6.07) is 7.27. The molecule has 1 unspecified atom stereocenters. The van der Waals surface area contributed by atoms with Gasteiger partial charge in [0, 0.05) is 11.4 Å². The molecule has 1 atom stereocenters. The van der Waals surface area contributed by atoms with E-state index in [1.165, 1.54) is 0 Å². The third-order valence-corrected chi connectivity index (χ3v) is 2.63. The summed E-state index contributed by atoms with van der Waals surface area (Å²) in [4.78, 5) is 0. The summed E-state index contributed by atoms with van der Waals surface area (Å²) in [6.07, 6.45) is 1.33. The van der Waals surface area contributed by atoms with Crippen LogP contribution in [-0.4, -0.2) is 5.11 Å². The lowest BCUT2D eigenvalue weighted by Crippen LogP contribution is -2.20. The fourth-order valence-electron chi connectivity index (χ4n) is 1.38. The second-order valence-corrected chi connectivity index (χ2v) is 4.14. The minimum Gasteiger partial charge on any atom is -0.385 e. The predicted molar refractivity (Wildman–Crippen MR) is 63.7 cm³/mol. The Morgan fingerprint density at radius 2 is 1.93 bits per heavy atom. The highest BCUT2D eigenvalue weighted by molar-refractivity contribution is 6.30. The van der Waals surface area contributed by atoms with Crippen molar-refractivity contribution in [1.82, 2.24) is 0 Å². The number of aliphatic hydroxyl groups is 1. The van der Waals surface area contributed by atoms with E-state index in [1.54, 1.807) is 26.0 Å². The number of rotatable bonds is 3. The van der Waals surface area contributed by atoms with Crippen molar-refractivity contribution in [1.29, 1.82) is 0 Å². The van der Waals surface area contributed by atoms with Crippen LogP contribution < -0.4 is 0 Å². The van der Waals surface area contributed by atoms with Gasteiger partial charge in [0.2, 0.25) is 0 Å². The highest BCUT2D eigenvalue weighted by Crippen LogP contribution is 2.26. The third-order valence-electron chi connectivity index (χ3n) is 2.38. The Morgan fingerprint density at radius 3 is 2.47 bits per heavy atom. The monoisotopic (exact) mass is 222 g/mol. The van der Waals surface area contributed by atoms with Gasteiger partial charge >= 0.3 is 0 Å². The molecule has 1 rings (SSSR count). The van der Waals surface area contributed by atoms with Crippen molar-refractivity contribution < 1.29 is 5.11 Å². The molecule has 2 heteroatoms. The summed E-state index contributed by atoms with van der Waals surface area (Å²) in [5.74, 6) is 5.77. The molecular weight excluding hydrogens is 208 g/mol. The first kappa shape index (κ1) is 12.1. The maximum Gasteiger partial charge on any atom is 0.0877 e. The van der Waals surface area contributed by atoms with Crippen molar-refractivity contribution in [3.05, 3.63) is 34.9 Å². The number of halogens is 1. The van der Waals surface area contributed by atoms with Gasteiger partial charge in [0.1, 0.15) is 0 Å². The average Bonchev–Trinajstić information content (AvgIpc) is 2.18. The van der Waals surface area contributed by atoms with Crippen LogP contribution in [0.1, 0.15) is 32.3 Å². The van der Waals surface area contributed by atoms with Crippen molar-refractivity contribution >= 4 is 11.6 Å². The summed E-state index contributed by atoms with van der Waals surface area (Å²) < 4.78 is 0. The quantitative estimate of drug-likeness (QED) is 0.778. The standard InChI is InChI=1S/C13H15ClO/c1-3-4-5-10-13(2,15)11-6-8-12(14)9-7-11/h6-9,15H,5,10H2,1-2H3. The van der Waals surface area contributed by atoms with Gasteiger partial charge in [-0.15, -0.1) is 11.8 Å². The lowest BCUT2D eigenvalue weighted by Gasteiger charge is -2.22. The van der Waals surface area contributed by atoms with Gasteiger partial charge in [-0.25, -0.2) is 0 Å². The Labute approximate surface area is 96.1 Å². The molecule has 0 aliphatic carbocycles. The second kappa shape index (κ2) is 5.21. The minimum absolute atomic E-state index is 0.634. The van der Waals surface area contributed by atoms with Gasteiger partial charge < -0.3 is 5.11 Å². The lowest BCUT2D eigenvalue weighted by molar-refractivity contribution is 0.0494. The van der Waals surface area contributed by atoms with Crippen molar-refractivity contribution in [2.24, 2.45) is 0 Å². The van der Waals surface area contributed by atoms with Gasteiger partial charge in [0.25, 0.3) is 0 Å². The van der Waals surface area contributed by atoms with E-state index in [0.29, 0.717) is 17.9 Å². The van der Waals surface area contributed by atoms with Crippen LogP contribution in [0.25, 0.3) is 0 Å². The summed E-state index contributed by atoms with van der Waals surface area (Å²) in [7, 11) is 0. The molecule has 0 bridgehead atoms. The Bertz CT molecular complexity index is 368. The first-order valence-electron chi connectivity index (χ1n) is 4.94. The van der Waals surface area contributed by atoms with E-state index in [4.69, 9.17) is 11.6 Å². The van der Waals surface area contributed by atoms with Crippen LogP contribution in [0.3, 0.4) is 0 Å². The third kappa shape index (κ3) is 3.58. The Kier molecular flexibility index (Phi) is 4.20. The fourth-order valence-corrected chi connectivity index (χ4v) is 1.51. The minimum atomic E-state index is -0.825. The number of benzene rings is 1. The van der Waals surface area contributed by atoms with E-state index in [0.717, 1.165) is 5.56 Å². The SMILES string of the molecule is CC#CCCC(C)(O)c1ccc(Cl)cc1. The predicted octanol–water partition coefficient (Wildman–Crippen LogP) is 3.35. The molecule has 0 aliphatic heterocycles. The van der Waals surface area contributed by atoms with Crippen LogP contribution in [0.4, 0.5) is 0 Å². The summed E-state index contributed by atoms with van der Waals surface area (Å²) in [5, 5.41) is 10.9. The van der Waals surface area contributed by atoms with Gasteiger partial charge in [-0.2, -0.15) is 0 Å². The Morgan fingerprint density at radius 1 is 1.33 bits per heavy atom. The summed E-state index contributed by atoms with van der Waals surface area (Å²) in [6.45, 7) is 3.60. The van der Waals surface area contributed by atoms with Crippen LogP contribution in [-0.2, 0) is 5.60 Å². The molecule has 1 aromatic carbocycles. The molecule has 0 heterocycles. The van der Waals surface area contributed by atoms with Gasteiger partial charge in [-0.05, 0) is 38.0 Å². The molecule has 0 saturated carbocycles. The molecule has 0 aromatic heterocycles. The van der Waals surface area contributed by atoms with Gasteiger partial charge in [0.05, 0.1) is 5.60 Å². The molecule has 0 amide bonds. The molecule has 0 aliphatic rings. The van der Waals surface area contributed by atoms with E-state index in [-0.39, 0.29) is 0 Å². The zero-order valence-corrected chi connectivity index (χ0v) is 9.80. The lowest BCUT2D eigenvalue weighted by atomic mass is 9.91. The fraction of sp³-hybridized carbons (Fsp3) is 0.385. The smallest absolute Gasteiger partial charge is 0.0877 e. The summed E-state index contributed by atoms with van der Waals surface area (Å²) >= 11 is 5.78. The van der Waals surface area contributed by atoms with Crippen LogP contribution in [0.2, 0.25) is 5.02 Å². The van der Waals surface area contributed by atoms with E-state index >= 15 is 0 Å². The summed E-state index contributed by atoms with van der Waals surface area (Å²) in [5.41, 5.74) is 0.0545. The van der Waals surface area contributed by atoms with Crippen molar-refractivity contribution in [2.45, 2.75) is 32.3 Å². The molecule has 0 spiro atoms. The molecule has 80 valence electrons. The van der Waals surface area contributed by atoms with Crippen molar-refractivity contribution in [3.63, 3.8) is 0 Å². The maximum absolute atomic E-state index is 10.2. The van der Waals surface area contributed by atoms with Crippen molar-refractivity contribution in [2.75, 3.05) is 0 Å². The van der Waals surface area contributed by atoms with Gasteiger partial charge in [-0.3, -0.25) is 0 Å². The van der Waals surface area contributed by atoms with E-state index in [2.05, 4.69) is 11.8 Å². The Hall–Kier alpha value is -0.970. The van der Waals surface area contributed by atoms with Gasteiger partial charge in [-0.1, -0.05) is 23.7 Å². The molecular formula is C13H15ClO. The molecule has 1 aromatic rings. The molecule has 1 N–H and O–H groups in total. The van der Waals surface area contributed by atoms with Crippen LogP contribution in [0, 0.1) is 11.8 Å². The molecule has 1 nitrogen and oxygen atoms in total. The topological polar surface area (TPSA) is 20.2 Å². The first-order valence-corrected chi connectivity index (χ1v) is 5.32. The molecule has 0 saturated heterocycles. The van der Waals surface area contributed by atoms with Crippen LogP contribution >= 0.6 is 11.6 Å². The number of hydrogen-bond acceptors (Lipinski definition) is 1. The van der Waals surface area contributed by atoms with E-state index in [9.17, 15) is 5.11 Å². The van der Waals surface area contributed by atoms with Crippen LogP contribution in [0.5, 0.6) is 0 Å². The van der Waals surface area contributed by atoms with Crippen molar-refractivity contribution in [3.8, 4) is 11.8 Å². The zero-order valence-electron chi connectivity index (χ0n) is 9.05. The molecule has 0 radical (unpaired) electrons. The molecule has 0 fully saturated rings. The maximum atomic E-state index is 10.2. The largest absolute Gasteiger partial charge is 0.385 e. The average molecular weight is 223 g/mol. The van der Waals surface area contributed by atoms with E-state index in [1.807, 2.05) is 12.1 Å². The second-order valence-electron chi connectivity index (χ2n) is 3.71. The van der Waals surface area contributed by atoms with Gasteiger partial charge in [0.15, 0.2) is 0 Å². The number of hydrogen-bond donors (Lipinski definition) is 1. The first-order chi connectivity index (χ1) is 7.06. The molecule has 15 heavy (non-hydrogen) atoms.